The molecular weight excluding hydrogens is 341 g/mol. The maximum Gasteiger partial charge on any atom is 0.229 e. The standard InChI is InChI=1S/C19H17F3N4/c1-10-6-11(2)8-13(7-10)24-19-23-12(3)9-16(26-19)25-15-5-4-14(20)17(21)18(15)22/h4-9H,1-3H3,(H2,23,24,25,26). The Morgan fingerprint density at radius 2 is 1.46 bits per heavy atom. The van der Waals surface area contributed by atoms with Crippen LogP contribution in [0.15, 0.2) is 36.4 Å². The van der Waals surface area contributed by atoms with Gasteiger partial charge in [0.15, 0.2) is 17.5 Å². The van der Waals surface area contributed by atoms with Crippen molar-refractivity contribution >= 4 is 23.1 Å². The van der Waals surface area contributed by atoms with Crippen LogP contribution in [0.1, 0.15) is 16.8 Å². The van der Waals surface area contributed by atoms with Crippen molar-refractivity contribution in [2.75, 3.05) is 10.6 Å². The van der Waals surface area contributed by atoms with Gasteiger partial charge < -0.3 is 10.6 Å². The van der Waals surface area contributed by atoms with Crippen LogP contribution in [-0.4, -0.2) is 9.97 Å². The smallest absolute Gasteiger partial charge is 0.229 e. The van der Waals surface area contributed by atoms with Crippen LogP contribution in [0.4, 0.5) is 36.3 Å². The molecule has 3 rings (SSSR count). The van der Waals surface area contributed by atoms with E-state index in [2.05, 4.69) is 20.6 Å². The first-order valence-corrected chi connectivity index (χ1v) is 7.93. The molecule has 0 saturated heterocycles. The molecule has 0 amide bonds. The second-order valence-electron chi connectivity index (χ2n) is 6.07. The maximum absolute atomic E-state index is 13.8. The minimum Gasteiger partial charge on any atom is -0.338 e. The Balaban J connectivity index is 1.89. The molecule has 134 valence electrons. The molecule has 0 saturated carbocycles. The average Bonchev–Trinajstić information content (AvgIpc) is 2.54. The fraction of sp³-hybridized carbons (Fsp3) is 0.158. The predicted octanol–water partition coefficient (Wildman–Crippen LogP) is 5.31. The molecule has 0 spiro atoms. The largest absolute Gasteiger partial charge is 0.338 e. The highest BCUT2D eigenvalue weighted by Gasteiger charge is 2.14. The van der Waals surface area contributed by atoms with Crippen molar-refractivity contribution in [1.29, 1.82) is 0 Å². The summed E-state index contributed by atoms with van der Waals surface area (Å²) in [4.78, 5) is 8.55. The predicted molar refractivity (Wildman–Crippen MR) is 95.6 cm³/mol. The lowest BCUT2D eigenvalue weighted by Crippen LogP contribution is -2.04. The summed E-state index contributed by atoms with van der Waals surface area (Å²) in [7, 11) is 0. The molecule has 1 aromatic heterocycles. The number of nitrogens with zero attached hydrogens (tertiary/aromatic N) is 2. The van der Waals surface area contributed by atoms with Gasteiger partial charge in [-0.25, -0.2) is 18.2 Å². The second-order valence-corrected chi connectivity index (χ2v) is 6.07. The normalized spacial score (nSPS) is 10.7. The van der Waals surface area contributed by atoms with Gasteiger partial charge in [0.1, 0.15) is 5.82 Å². The van der Waals surface area contributed by atoms with Gasteiger partial charge >= 0.3 is 0 Å². The fourth-order valence-corrected chi connectivity index (χ4v) is 2.62. The summed E-state index contributed by atoms with van der Waals surface area (Å²) in [5.74, 6) is -3.52. The summed E-state index contributed by atoms with van der Waals surface area (Å²) in [5, 5.41) is 5.75. The van der Waals surface area contributed by atoms with Crippen LogP contribution >= 0.6 is 0 Å². The van der Waals surface area contributed by atoms with E-state index < -0.39 is 17.5 Å². The monoisotopic (exact) mass is 358 g/mol. The number of anilines is 4. The number of nitrogens with one attached hydrogen (secondary N) is 2. The summed E-state index contributed by atoms with van der Waals surface area (Å²) in [6.07, 6.45) is 0. The number of benzene rings is 2. The molecule has 0 bridgehead atoms. The third-order valence-electron chi connectivity index (χ3n) is 3.63. The number of aryl methyl sites for hydroxylation is 3. The molecule has 0 atom stereocenters. The van der Waals surface area contributed by atoms with Crippen molar-refractivity contribution in [3.8, 4) is 0 Å². The molecule has 7 heteroatoms. The van der Waals surface area contributed by atoms with Gasteiger partial charge in [-0.3, -0.25) is 0 Å². The van der Waals surface area contributed by atoms with E-state index in [0.29, 0.717) is 11.6 Å². The van der Waals surface area contributed by atoms with Crippen LogP contribution in [0.3, 0.4) is 0 Å². The van der Waals surface area contributed by atoms with E-state index in [1.807, 2.05) is 32.0 Å². The molecule has 0 aliphatic rings. The van der Waals surface area contributed by atoms with Gasteiger partial charge in [-0.2, -0.15) is 4.98 Å². The number of halogens is 3. The minimum absolute atomic E-state index is 0.209. The first-order valence-electron chi connectivity index (χ1n) is 7.93. The Hall–Kier alpha value is -3.09. The molecule has 3 aromatic rings. The lowest BCUT2D eigenvalue weighted by molar-refractivity contribution is 0.449. The third-order valence-corrected chi connectivity index (χ3v) is 3.63. The van der Waals surface area contributed by atoms with E-state index in [4.69, 9.17) is 0 Å². The molecule has 1 heterocycles. The van der Waals surface area contributed by atoms with Gasteiger partial charge in [0, 0.05) is 17.4 Å². The Labute approximate surface area is 149 Å². The number of hydrogen-bond acceptors (Lipinski definition) is 4. The molecule has 0 unspecified atom stereocenters. The van der Waals surface area contributed by atoms with E-state index in [0.717, 1.165) is 28.9 Å². The highest BCUT2D eigenvalue weighted by Crippen LogP contribution is 2.24. The lowest BCUT2D eigenvalue weighted by atomic mass is 10.1. The van der Waals surface area contributed by atoms with Gasteiger partial charge in [-0.15, -0.1) is 0 Å². The molecule has 4 nitrogen and oxygen atoms in total. The quantitative estimate of drug-likeness (QED) is 0.621. The summed E-state index contributed by atoms with van der Waals surface area (Å²) in [5.41, 5.74) is 3.40. The fourth-order valence-electron chi connectivity index (χ4n) is 2.62. The van der Waals surface area contributed by atoms with Gasteiger partial charge in [0.2, 0.25) is 5.95 Å². The van der Waals surface area contributed by atoms with Crippen molar-refractivity contribution in [1.82, 2.24) is 9.97 Å². The Kier molecular flexibility index (Phi) is 4.79. The van der Waals surface area contributed by atoms with Crippen LogP contribution in [0.5, 0.6) is 0 Å². The summed E-state index contributed by atoms with van der Waals surface area (Å²) < 4.78 is 40.3. The topological polar surface area (TPSA) is 49.8 Å². The highest BCUT2D eigenvalue weighted by molar-refractivity contribution is 5.61. The zero-order valence-electron chi connectivity index (χ0n) is 14.5. The van der Waals surface area contributed by atoms with E-state index in [1.165, 1.54) is 0 Å². The van der Waals surface area contributed by atoms with Crippen molar-refractivity contribution < 1.29 is 13.2 Å². The van der Waals surface area contributed by atoms with E-state index >= 15 is 0 Å². The summed E-state index contributed by atoms with van der Waals surface area (Å²) in [6, 6.07) is 9.47. The zero-order valence-corrected chi connectivity index (χ0v) is 14.5. The number of rotatable bonds is 4. The molecule has 0 aliphatic carbocycles. The number of aromatic nitrogens is 2. The van der Waals surface area contributed by atoms with E-state index in [-0.39, 0.29) is 11.5 Å². The van der Waals surface area contributed by atoms with Crippen LogP contribution < -0.4 is 10.6 Å². The summed E-state index contributed by atoms with van der Waals surface area (Å²) in [6.45, 7) is 5.71. The molecule has 2 aromatic carbocycles. The Morgan fingerprint density at radius 1 is 0.769 bits per heavy atom. The maximum atomic E-state index is 13.8. The van der Waals surface area contributed by atoms with Crippen molar-refractivity contribution in [2.45, 2.75) is 20.8 Å². The van der Waals surface area contributed by atoms with Gasteiger partial charge in [0.05, 0.1) is 5.69 Å². The number of hydrogen-bond donors (Lipinski definition) is 2. The van der Waals surface area contributed by atoms with Gasteiger partial charge in [0.25, 0.3) is 0 Å². The van der Waals surface area contributed by atoms with Crippen LogP contribution in [-0.2, 0) is 0 Å². The van der Waals surface area contributed by atoms with Crippen LogP contribution in [0.25, 0.3) is 0 Å². The molecular formula is C19H17F3N4. The Bertz CT molecular complexity index is 953. The minimum atomic E-state index is -1.53. The van der Waals surface area contributed by atoms with E-state index in [1.54, 1.807) is 13.0 Å². The third kappa shape index (κ3) is 3.93. The SMILES string of the molecule is Cc1cc(C)cc(Nc2nc(C)cc(Nc3ccc(F)c(F)c3F)n2)c1. The second kappa shape index (κ2) is 7.03. The van der Waals surface area contributed by atoms with Gasteiger partial charge in [-0.05, 0) is 56.2 Å². The van der Waals surface area contributed by atoms with Crippen molar-refractivity contribution in [3.63, 3.8) is 0 Å². The van der Waals surface area contributed by atoms with E-state index in [9.17, 15) is 13.2 Å². The van der Waals surface area contributed by atoms with Gasteiger partial charge in [-0.1, -0.05) is 6.07 Å². The molecule has 26 heavy (non-hydrogen) atoms. The zero-order chi connectivity index (χ0) is 18.8. The van der Waals surface area contributed by atoms with Crippen molar-refractivity contribution in [2.24, 2.45) is 0 Å². The first kappa shape index (κ1) is 17.7. The molecule has 2 N–H and O–H groups in total. The first-order chi connectivity index (χ1) is 12.3. The Morgan fingerprint density at radius 3 is 2.15 bits per heavy atom. The molecule has 0 aliphatic heterocycles. The summed E-state index contributed by atoms with van der Waals surface area (Å²) >= 11 is 0. The van der Waals surface area contributed by atoms with Crippen molar-refractivity contribution in [3.05, 3.63) is 70.7 Å². The highest BCUT2D eigenvalue weighted by atomic mass is 19.2. The van der Waals surface area contributed by atoms with Crippen LogP contribution in [0, 0.1) is 38.2 Å². The van der Waals surface area contributed by atoms with Crippen LogP contribution in [0.2, 0.25) is 0 Å². The molecule has 0 radical (unpaired) electrons. The lowest BCUT2D eigenvalue weighted by Gasteiger charge is -2.12. The average molecular weight is 358 g/mol. The molecule has 0 fully saturated rings.